The highest BCUT2D eigenvalue weighted by Crippen LogP contribution is 1.82. The van der Waals surface area contributed by atoms with Crippen molar-refractivity contribution in [1.82, 2.24) is 0 Å². The minimum Gasteiger partial charge on any atom is -0.481 e. The summed E-state index contributed by atoms with van der Waals surface area (Å²) in [7, 11) is 0. The zero-order valence-electron chi connectivity index (χ0n) is 16.7. The summed E-state index contributed by atoms with van der Waals surface area (Å²) in [4.78, 5) is 55.3. The molecule has 0 aromatic rings. The molecule has 13 heteroatoms. The summed E-state index contributed by atoms with van der Waals surface area (Å²) in [5, 5.41) is 45.2. The molecule has 0 unspecified atom stereocenters. The summed E-state index contributed by atoms with van der Waals surface area (Å²) >= 11 is 0. The minimum atomic E-state index is -0.833. The van der Waals surface area contributed by atoms with Crippen LogP contribution in [0.3, 0.4) is 0 Å². The van der Waals surface area contributed by atoms with E-state index in [9.17, 15) is 4.79 Å². The second-order valence-corrected chi connectivity index (χ2v) is 3.87. The lowest BCUT2D eigenvalue weighted by molar-refractivity contribution is -0.144. The highest BCUT2D eigenvalue weighted by atomic mass is 16.5. The number of carboxylic acids is 5. The molecule has 0 aromatic carbocycles. The lowest BCUT2D eigenvalue weighted by Gasteiger charge is -1.96. The summed E-state index contributed by atoms with van der Waals surface area (Å²) in [5.74, 6) is -4.50. The van der Waals surface area contributed by atoms with E-state index in [1.807, 2.05) is 0 Å². The first kappa shape index (κ1) is 39.7. The number of aliphatic hydroxyl groups is 1. The number of rotatable bonds is 3. The Balaban J connectivity index is -0.0000000536. The van der Waals surface area contributed by atoms with Crippen molar-refractivity contribution in [2.24, 2.45) is 0 Å². The van der Waals surface area contributed by atoms with Gasteiger partial charge in [-0.25, -0.2) is 0 Å². The number of hydrogen-bond donors (Lipinski definition) is 6. The Hall–Kier alpha value is -3.22. The fourth-order valence-electron chi connectivity index (χ4n) is 0.324. The van der Waals surface area contributed by atoms with Gasteiger partial charge in [-0.1, -0.05) is 0 Å². The molecule has 0 aromatic heterocycles. The molecule has 28 heavy (non-hydrogen) atoms. The molecule has 6 N–H and O–H groups in total. The molecular weight excluding hydrogens is 388 g/mol. The van der Waals surface area contributed by atoms with Gasteiger partial charge in [0.05, 0.1) is 19.6 Å². The molecule has 0 rings (SSSR count). The molecule has 168 valence electrons. The van der Waals surface area contributed by atoms with Gasteiger partial charge in [0.25, 0.3) is 29.8 Å². The molecule has 0 spiro atoms. The summed E-state index contributed by atoms with van der Waals surface area (Å²) in [5.41, 5.74) is 0. The summed E-state index contributed by atoms with van der Waals surface area (Å²) in [6.07, 6.45) is 0.105. The van der Waals surface area contributed by atoms with Crippen molar-refractivity contribution in [3.8, 4) is 0 Å². The van der Waals surface area contributed by atoms with Crippen molar-refractivity contribution in [2.75, 3.05) is 13.2 Å². The Bertz CT molecular complexity index is 332. The van der Waals surface area contributed by atoms with Gasteiger partial charge < -0.3 is 35.4 Å². The highest BCUT2D eigenvalue weighted by Gasteiger charge is 1.96. The summed E-state index contributed by atoms with van der Waals surface area (Å²) in [6, 6.07) is 0. The van der Waals surface area contributed by atoms with Crippen LogP contribution in [0, 0.1) is 0 Å². The number of ether oxygens (including phenoxy) is 1. The molecule has 0 amide bonds. The lowest BCUT2D eigenvalue weighted by Crippen LogP contribution is -2.05. The maximum absolute atomic E-state index is 10.3. The number of carbonyl (C=O) groups is 6. The fourth-order valence-corrected chi connectivity index (χ4v) is 0.324. The van der Waals surface area contributed by atoms with Crippen LogP contribution in [-0.2, 0) is 33.5 Å². The molecule has 0 fully saturated rings. The molecule has 0 radical (unpaired) electrons. The van der Waals surface area contributed by atoms with E-state index in [0.717, 1.165) is 34.6 Å². The second kappa shape index (κ2) is 35.0. The predicted molar refractivity (Wildman–Crippen MR) is 94.9 cm³/mol. The summed E-state index contributed by atoms with van der Waals surface area (Å²) in [6.45, 7) is 7.41. The third kappa shape index (κ3) is 1400. The summed E-state index contributed by atoms with van der Waals surface area (Å²) < 4.78 is 4.48. The smallest absolute Gasteiger partial charge is 0.308 e. The van der Waals surface area contributed by atoms with Crippen molar-refractivity contribution in [3.63, 3.8) is 0 Å². The van der Waals surface area contributed by atoms with Crippen LogP contribution in [0.25, 0.3) is 0 Å². The molecule has 0 atom stereocenters. The fraction of sp³-hybridized carbons (Fsp3) is 0.600. The molecule has 0 aliphatic heterocycles. The van der Waals surface area contributed by atoms with Gasteiger partial charge in [-0.3, -0.25) is 28.8 Å². The van der Waals surface area contributed by atoms with Crippen LogP contribution in [0.15, 0.2) is 0 Å². The first-order chi connectivity index (χ1) is 12.5. The van der Waals surface area contributed by atoms with E-state index in [4.69, 9.17) is 54.6 Å². The van der Waals surface area contributed by atoms with Crippen LogP contribution in [0.1, 0.15) is 48.0 Å². The van der Waals surface area contributed by atoms with Gasteiger partial charge in [0.1, 0.15) is 0 Å². The van der Waals surface area contributed by atoms with E-state index in [1.54, 1.807) is 6.92 Å². The average Bonchev–Trinajstić information content (AvgIpc) is 2.35. The second-order valence-electron chi connectivity index (χ2n) is 3.87. The molecule has 0 aliphatic carbocycles. The van der Waals surface area contributed by atoms with Crippen molar-refractivity contribution in [2.45, 2.75) is 48.0 Å². The molecule has 0 saturated heterocycles. The Morgan fingerprint density at radius 1 is 0.607 bits per heavy atom. The van der Waals surface area contributed by atoms with Gasteiger partial charge >= 0.3 is 5.97 Å². The Kier molecular flexibility index (Phi) is 49.6. The molecule has 0 heterocycles. The maximum Gasteiger partial charge on any atom is 0.308 e. The first-order valence-corrected chi connectivity index (χ1v) is 7.21. The third-order valence-corrected chi connectivity index (χ3v) is 0.621. The quantitative estimate of drug-likeness (QED) is 0.341. The van der Waals surface area contributed by atoms with Crippen LogP contribution in [0.5, 0.6) is 0 Å². The van der Waals surface area contributed by atoms with Gasteiger partial charge in [-0.15, -0.1) is 0 Å². The highest BCUT2D eigenvalue weighted by molar-refractivity contribution is 5.69. The number of hydrogen-bond acceptors (Lipinski definition) is 8. The van der Waals surface area contributed by atoms with Crippen LogP contribution in [-0.4, -0.2) is 79.7 Å². The van der Waals surface area contributed by atoms with Gasteiger partial charge in [-0.05, 0) is 6.92 Å². The predicted octanol–water partition coefficient (Wildman–Crippen LogP) is 0.386. The van der Waals surface area contributed by atoms with Crippen LogP contribution in [0.2, 0.25) is 0 Å². The van der Waals surface area contributed by atoms with E-state index in [-0.39, 0.29) is 19.0 Å². The van der Waals surface area contributed by atoms with Crippen molar-refractivity contribution in [1.29, 1.82) is 0 Å². The third-order valence-electron chi connectivity index (χ3n) is 0.621. The number of aliphatic carboxylic acids is 5. The Labute approximate surface area is 162 Å². The van der Waals surface area contributed by atoms with Crippen LogP contribution < -0.4 is 0 Å². The molecule has 0 saturated carbocycles. The van der Waals surface area contributed by atoms with Crippen molar-refractivity contribution >= 4 is 35.8 Å². The molecule has 13 nitrogen and oxygen atoms in total. The average molecular weight is 418 g/mol. The Morgan fingerprint density at radius 2 is 0.786 bits per heavy atom. The van der Waals surface area contributed by atoms with Gasteiger partial charge in [0, 0.05) is 34.6 Å². The van der Waals surface area contributed by atoms with Crippen molar-refractivity contribution in [3.05, 3.63) is 0 Å². The Morgan fingerprint density at radius 3 is 0.893 bits per heavy atom. The number of carboxylic acid groups (broad SMARTS) is 5. The standard InChI is InChI=1S/C5H10O3.5C2H4O2/c1-2-8-5(7)3-4-6;5*1-2(3)4/h6H,2-4H2,1H3;5*1H3,(H,3,4). The molecule has 0 bridgehead atoms. The van der Waals surface area contributed by atoms with Crippen LogP contribution >= 0.6 is 0 Å². The minimum absolute atomic E-state index is 0.105. The zero-order chi connectivity index (χ0) is 24.3. The van der Waals surface area contributed by atoms with E-state index in [0.29, 0.717) is 6.61 Å². The van der Waals surface area contributed by atoms with E-state index in [1.165, 1.54) is 0 Å². The topological polar surface area (TPSA) is 233 Å². The number of carbonyl (C=O) groups excluding carboxylic acids is 1. The first-order valence-electron chi connectivity index (χ1n) is 7.21. The van der Waals surface area contributed by atoms with Crippen LogP contribution in [0.4, 0.5) is 0 Å². The largest absolute Gasteiger partial charge is 0.481 e. The monoisotopic (exact) mass is 418 g/mol. The molecule has 0 aliphatic rings. The zero-order valence-corrected chi connectivity index (χ0v) is 16.7. The van der Waals surface area contributed by atoms with Gasteiger partial charge in [0.15, 0.2) is 0 Å². The van der Waals surface area contributed by atoms with E-state index in [2.05, 4.69) is 4.74 Å². The number of aliphatic hydroxyl groups excluding tert-OH is 1. The normalized spacial score (nSPS) is 6.96. The lowest BCUT2D eigenvalue weighted by atomic mass is 10.5. The van der Waals surface area contributed by atoms with Gasteiger partial charge in [0.2, 0.25) is 0 Å². The van der Waals surface area contributed by atoms with E-state index >= 15 is 0 Å². The SMILES string of the molecule is CC(=O)O.CC(=O)O.CC(=O)O.CC(=O)O.CC(=O)O.CCOC(=O)CCO. The van der Waals surface area contributed by atoms with Crippen molar-refractivity contribution < 1.29 is 64.1 Å². The number of esters is 1. The molecular formula is C15H30O13. The maximum atomic E-state index is 10.3. The van der Waals surface area contributed by atoms with E-state index < -0.39 is 29.8 Å². The van der Waals surface area contributed by atoms with Gasteiger partial charge in [-0.2, -0.15) is 0 Å².